The molecule has 0 aliphatic carbocycles. The minimum atomic E-state index is 0.409. The van der Waals surface area contributed by atoms with Gasteiger partial charge < -0.3 is 4.74 Å². The SMILES string of the molecule is C=C.c1ccc(C2CO2)cc1. The van der Waals surface area contributed by atoms with Crippen molar-refractivity contribution in [2.24, 2.45) is 0 Å². The lowest BCUT2D eigenvalue weighted by Crippen LogP contribution is -1.75. The van der Waals surface area contributed by atoms with Gasteiger partial charge >= 0.3 is 0 Å². The minimum Gasteiger partial charge on any atom is -0.368 e. The van der Waals surface area contributed by atoms with Crippen LogP contribution in [0.15, 0.2) is 43.5 Å². The average molecular weight is 148 g/mol. The molecular weight excluding hydrogens is 136 g/mol. The van der Waals surface area contributed by atoms with Gasteiger partial charge in [-0.15, -0.1) is 13.2 Å². The van der Waals surface area contributed by atoms with Gasteiger partial charge in [0.05, 0.1) is 6.61 Å². The number of rotatable bonds is 1. The molecule has 0 bridgehead atoms. The van der Waals surface area contributed by atoms with Gasteiger partial charge in [-0.2, -0.15) is 0 Å². The van der Waals surface area contributed by atoms with E-state index in [4.69, 9.17) is 4.74 Å². The molecule has 11 heavy (non-hydrogen) atoms. The van der Waals surface area contributed by atoms with Gasteiger partial charge in [0.15, 0.2) is 0 Å². The third kappa shape index (κ3) is 2.20. The van der Waals surface area contributed by atoms with Crippen molar-refractivity contribution < 1.29 is 4.74 Å². The number of hydrogen-bond acceptors (Lipinski definition) is 1. The number of hydrogen-bond donors (Lipinski definition) is 0. The van der Waals surface area contributed by atoms with E-state index < -0.39 is 0 Å². The zero-order valence-corrected chi connectivity index (χ0v) is 6.49. The van der Waals surface area contributed by atoms with Crippen LogP contribution in [0.3, 0.4) is 0 Å². The van der Waals surface area contributed by atoms with Crippen molar-refractivity contribution in [3.63, 3.8) is 0 Å². The molecule has 1 heterocycles. The molecule has 1 aromatic carbocycles. The van der Waals surface area contributed by atoms with Gasteiger partial charge in [-0.1, -0.05) is 30.3 Å². The first-order valence-corrected chi connectivity index (χ1v) is 3.63. The lowest BCUT2D eigenvalue weighted by molar-refractivity contribution is 0.415. The molecule has 0 radical (unpaired) electrons. The maximum atomic E-state index is 5.09. The van der Waals surface area contributed by atoms with E-state index in [9.17, 15) is 0 Å². The quantitative estimate of drug-likeness (QED) is 0.440. The maximum absolute atomic E-state index is 5.09. The number of ether oxygens (including phenoxy) is 1. The first kappa shape index (κ1) is 8.02. The molecule has 0 spiro atoms. The molecule has 2 rings (SSSR count). The fourth-order valence-electron chi connectivity index (χ4n) is 0.908. The minimum absolute atomic E-state index is 0.409. The number of benzene rings is 1. The number of epoxide rings is 1. The highest BCUT2D eigenvalue weighted by atomic mass is 16.6. The molecule has 1 aliphatic heterocycles. The Labute approximate surface area is 67.3 Å². The first-order chi connectivity index (χ1) is 5.47. The Morgan fingerprint density at radius 2 is 1.73 bits per heavy atom. The van der Waals surface area contributed by atoms with Crippen LogP contribution >= 0.6 is 0 Å². The van der Waals surface area contributed by atoms with Gasteiger partial charge in [0.1, 0.15) is 6.10 Å². The summed E-state index contributed by atoms with van der Waals surface area (Å²) < 4.78 is 5.09. The summed E-state index contributed by atoms with van der Waals surface area (Å²) in [6.07, 6.45) is 0.409. The summed E-state index contributed by atoms with van der Waals surface area (Å²) in [5.74, 6) is 0. The van der Waals surface area contributed by atoms with Crippen LogP contribution in [0.1, 0.15) is 11.7 Å². The van der Waals surface area contributed by atoms with Crippen molar-refractivity contribution in [3.05, 3.63) is 49.1 Å². The zero-order chi connectivity index (χ0) is 8.10. The Morgan fingerprint density at radius 1 is 1.18 bits per heavy atom. The summed E-state index contributed by atoms with van der Waals surface area (Å²) in [7, 11) is 0. The van der Waals surface area contributed by atoms with Gasteiger partial charge in [-0.05, 0) is 5.56 Å². The van der Waals surface area contributed by atoms with E-state index in [1.165, 1.54) is 5.56 Å². The molecular formula is C10H12O. The van der Waals surface area contributed by atoms with Crippen molar-refractivity contribution in [1.29, 1.82) is 0 Å². The van der Waals surface area contributed by atoms with Crippen LogP contribution in [0.25, 0.3) is 0 Å². The summed E-state index contributed by atoms with van der Waals surface area (Å²) in [6, 6.07) is 10.3. The maximum Gasteiger partial charge on any atom is 0.106 e. The second kappa shape index (κ2) is 3.94. The predicted molar refractivity (Wildman–Crippen MR) is 46.4 cm³/mol. The highest BCUT2D eigenvalue weighted by Crippen LogP contribution is 2.28. The lowest BCUT2D eigenvalue weighted by Gasteiger charge is -1.89. The van der Waals surface area contributed by atoms with E-state index in [1.54, 1.807) is 0 Å². The van der Waals surface area contributed by atoms with Crippen molar-refractivity contribution in [2.75, 3.05) is 6.61 Å². The Morgan fingerprint density at radius 3 is 2.18 bits per heavy atom. The molecule has 0 saturated carbocycles. The molecule has 0 N–H and O–H groups in total. The molecule has 1 fully saturated rings. The topological polar surface area (TPSA) is 12.5 Å². The second-order valence-corrected chi connectivity index (χ2v) is 2.23. The lowest BCUT2D eigenvalue weighted by atomic mass is 10.2. The largest absolute Gasteiger partial charge is 0.368 e. The smallest absolute Gasteiger partial charge is 0.106 e. The zero-order valence-electron chi connectivity index (χ0n) is 6.49. The summed E-state index contributed by atoms with van der Waals surface area (Å²) >= 11 is 0. The highest BCUT2D eigenvalue weighted by Gasteiger charge is 2.23. The molecule has 0 amide bonds. The van der Waals surface area contributed by atoms with E-state index in [0.717, 1.165) is 6.61 Å². The fraction of sp³-hybridized carbons (Fsp3) is 0.200. The summed E-state index contributed by atoms with van der Waals surface area (Å²) in [4.78, 5) is 0. The highest BCUT2D eigenvalue weighted by molar-refractivity contribution is 5.19. The average Bonchev–Trinajstić information content (AvgIpc) is 2.92. The van der Waals surface area contributed by atoms with Crippen LogP contribution in [0.5, 0.6) is 0 Å². The van der Waals surface area contributed by atoms with Crippen molar-refractivity contribution in [3.8, 4) is 0 Å². The molecule has 0 aromatic heterocycles. The molecule has 1 aliphatic rings. The summed E-state index contributed by atoms with van der Waals surface area (Å²) in [6.45, 7) is 6.91. The van der Waals surface area contributed by atoms with E-state index >= 15 is 0 Å². The molecule has 1 aromatic rings. The second-order valence-electron chi connectivity index (χ2n) is 2.23. The Kier molecular flexibility index (Phi) is 2.87. The molecule has 58 valence electrons. The van der Waals surface area contributed by atoms with E-state index in [0.29, 0.717) is 6.10 Å². The fourth-order valence-corrected chi connectivity index (χ4v) is 0.908. The van der Waals surface area contributed by atoms with Crippen LogP contribution in [0, 0.1) is 0 Å². The normalized spacial score (nSPS) is 19.8. The van der Waals surface area contributed by atoms with Crippen molar-refractivity contribution in [1.82, 2.24) is 0 Å². The Balaban J connectivity index is 0.000000281. The molecule has 1 atom stereocenters. The van der Waals surface area contributed by atoms with Gasteiger partial charge in [0.2, 0.25) is 0 Å². The van der Waals surface area contributed by atoms with Gasteiger partial charge in [-0.3, -0.25) is 0 Å². The van der Waals surface area contributed by atoms with Crippen molar-refractivity contribution in [2.45, 2.75) is 6.10 Å². The van der Waals surface area contributed by atoms with E-state index in [2.05, 4.69) is 25.3 Å². The molecule has 1 unspecified atom stereocenters. The van der Waals surface area contributed by atoms with Crippen LogP contribution in [0.2, 0.25) is 0 Å². The first-order valence-electron chi connectivity index (χ1n) is 3.63. The van der Waals surface area contributed by atoms with Crippen LogP contribution < -0.4 is 0 Å². The summed E-state index contributed by atoms with van der Waals surface area (Å²) in [5, 5.41) is 0. The van der Waals surface area contributed by atoms with Crippen LogP contribution in [-0.4, -0.2) is 6.61 Å². The van der Waals surface area contributed by atoms with Crippen LogP contribution in [0.4, 0.5) is 0 Å². The predicted octanol–water partition coefficient (Wildman–Crippen LogP) is 2.56. The molecule has 1 nitrogen and oxygen atoms in total. The Hall–Kier alpha value is -1.08. The van der Waals surface area contributed by atoms with E-state index in [1.807, 2.05) is 18.2 Å². The standard InChI is InChI=1S/C8H8O.C2H4/c1-2-4-7(5-3-1)8-6-9-8;1-2/h1-5,8H,6H2;1-2H2. The van der Waals surface area contributed by atoms with Crippen LogP contribution in [-0.2, 0) is 4.74 Å². The third-order valence-electron chi connectivity index (χ3n) is 1.50. The monoisotopic (exact) mass is 148 g/mol. The summed E-state index contributed by atoms with van der Waals surface area (Å²) in [5.41, 5.74) is 1.30. The van der Waals surface area contributed by atoms with Gasteiger partial charge in [-0.25, -0.2) is 0 Å². The van der Waals surface area contributed by atoms with Crippen molar-refractivity contribution >= 4 is 0 Å². The molecule has 1 saturated heterocycles. The third-order valence-corrected chi connectivity index (χ3v) is 1.50. The van der Waals surface area contributed by atoms with Gasteiger partial charge in [0, 0.05) is 0 Å². The van der Waals surface area contributed by atoms with E-state index in [-0.39, 0.29) is 0 Å². The molecule has 1 heteroatoms. The van der Waals surface area contributed by atoms with Gasteiger partial charge in [0.25, 0.3) is 0 Å². The Bertz CT molecular complexity index is 201.